The molecule has 0 bridgehead atoms. The first-order valence-corrected chi connectivity index (χ1v) is 11.8. The molecule has 3 rings (SSSR count). The molecule has 0 spiro atoms. The van der Waals surface area contributed by atoms with E-state index in [-0.39, 0.29) is 23.2 Å². The molecular formula is C19H20Cl3N3O3S. The van der Waals surface area contributed by atoms with Crippen LogP contribution in [0.1, 0.15) is 0 Å². The summed E-state index contributed by atoms with van der Waals surface area (Å²) in [4.78, 5) is 16.6. The van der Waals surface area contributed by atoms with Crippen LogP contribution in [-0.4, -0.2) is 58.2 Å². The van der Waals surface area contributed by atoms with Crippen molar-refractivity contribution in [1.82, 2.24) is 4.90 Å². The van der Waals surface area contributed by atoms with E-state index < -0.39 is 10.0 Å². The number of sulfonamides is 1. The topological polar surface area (TPSA) is 60.9 Å². The number of hydrogen-bond donors (Lipinski definition) is 0. The Morgan fingerprint density at radius 2 is 1.66 bits per heavy atom. The molecule has 10 heteroatoms. The van der Waals surface area contributed by atoms with Gasteiger partial charge in [0.1, 0.15) is 6.54 Å². The van der Waals surface area contributed by atoms with Crippen LogP contribution in [0.3, 0.4) is 0 Å². The fourth-order valence-corrected chi connectivity index (χ4v) is 4.78. The average Bonchev–Trinajstić information content (AvgIpc) is 2.66. The smallest absolute Gasteiger partial charge is 0.243 e. The van der Waals surface area contributed by atoms with Crippen molar-refractivity contribution in [2.45, 2.75) is 0 Å². The number of halogens is 3. The van der Waals surface area contributed by atoms with Gasteiger partial charge in [0.05, 0.1) is 17.0 Å². The van der Waals surface area contributed by atoms with E-state index in [2.05, 4.69) is 4.90 Å². The average molecular weight is 477 g/mol. The van der Waals surface area contributed by atoms with E-state index in [0.29, 0.717) is 36.2 Å². The number of hydrogen-bond acceptors (Lipinski definition) is 4. The standard InChI is InChI=1S/C19H20Cl3N3O3S/c1-29(27,28)25(18-6-5-15(21)12-17(18)22)13-19(26)24-9-7-23(8-10-24)16-4-2-3-14(20)11-16/h2-6,11-12H,7-10,13H2,1H3. The minimum Gasteiger partial charge on any atom is -0.368 e. The third kappa shape index (κ3) is 5.48. The first-order chi connectivity index (χ1) is 13.6. The highest BCUT2D eigenvalue weighted by atomic mass is 35.5. The van der Waals surface area contributed by atoms with Crippen molar-refractivity contribution >= 4 is 62.1 Å². The molecule has 0 aromatic heterocycles. The number of rotatable bonds is 5. The van der Waals surface area contributed by atoms with Gasteiger partial charge in [0.2, 0.25) is 15.9 Å². The predicted octanol–water partition coefficient (Wildman–Crippen LogP) is 3.76. The molecule has 29 heavy (non-hydrogen) atoms. The molecule has 0 saturated carbocycles. The minimum atomic E-state index is -3.71. The van der Waals surface area contributed by atoms with Crippen LogP contribution in [0.25, 0.3) is 0 Å². The lowest BCUT2D eigenvalue weighted by atomic mass is 10.2. The Balaban J connectivity index is 1.69. The van der Waals surface area contributed by atoms with Gasteiger partial charge in [0.15, 0.2) is 0 Å². The molecule has 0 radical (unpaired) electrons. The van der Waals surface area contributed by atoms with Gasteiger partial charge in [-0.1, -0.05) is 40.9 Å². The first-order valence-electron chi connectivity index (χ1n) is 8.86. The van der Waals surface area contributed by atoms with Gasteiger partial charge in [-0.15, -0.1) is 0 Å². The molecule has 1 saturated heterocycles. The van der Waals surface area contributed by atoms with E-state index in [4.69, 9.17) is 34.8 Å². The quantitative estimate of drug-likeness (QED) is 0.659. The summed E-state index contributed by atoms with van der Waals surface area (Å²) >= 11 is 18.1. The predicted molar refractivity (Wildman–Crippen MR) is 119 cm³/mol. The van der Waals surface area contributed by atoms with Gasteiger partial charge in [-0.2, -0.15) is 0 Å². The summed E-state index contributed by atoms with van der Waals surface area (Å²) in [5.74, 6) is -0.285. The normalized spacial score (nSPS) is 14.8. The SMILES string of the molecule is CS(=O)(=O)N(CC(=O)N1CCN(c2cccc(Cl)c2)CC1)c1ccc(Cl)cc1Cl. The number of carbonyl (C=O) groups is 1. The maximum absolute atomic E-state index is 12.8. The fraction of sp³-hybridized carbons (Fsp3) is 0.316. The summed E-state index contributed by atoms with van der Waals surface area (Å²) in [6, 6.07) is 12.0. The molecule has 0 atom stereocenters. The largest absolute Gasteiger partial charge is 0.368 e. The van der Waals surface area contributed by atoms with Gasteiger partial charge in [-0.05, 0) is 36.4 Å². The van der Waals surface area contributed by atoms with Crippen LogP contribution in [-0.2, 0) is 14.8 Å². The second kappa shape index (κ2) is 9.00. The number of anilines is 2. The molecule has 1 heterocycles. The lowest BCUT2D eigenvalue weighted by Crippen LogP contribution is -2.52. The Hall–Kier alpha value is -1.67. The molecule has 0 unspecified atom stereocenters. The Bertz CT molecular complexity index is 1010. The van der Waals surface area contributed by atoms with Gasteiger partial charge < -0.3 is 9.80 Å². The van der Waals surface area contributed by atoms with Crippen LogP contribution in [0, 0.1) is 0 Å². The number of piperazine rings is 1. The highest BCUT2D eigenvalue weighted by molar-refractivity contribution is 7.92. The van der Waals surface area contributed by atoms with E-state index in [9.17, 15) is 13.2 Å². The summed E-state index contributed by atoms with van der Waals surface area (Å²) in [7, 11) is -3.71. The van der Waals surface area contributed by atoms with E-state index in [1.807, 2.05) is 24.3 Å². The Kier molecular flexibility index (Phi) is 6.83. The molecule has 156 valence electrons. The maximum Gasteiger partial charge on any atom is 0.243 e. The number of nitrogens with zero attached hydrogens (tertiary/aromatic N) is 3. The van der Waals surface area contributed by atoms with E-state index >= 15 is 0 Å². The monoisotopic (exact) mass is 475 g/mol. The lowest BCUT2D eigenvalue weighted by Gasteiger charge is -2.37. The van der Waals surface area contributed by atoms with Crippen molar-refractivity contribution in [2.75, 3.05) is 48.2 Å². The molecule has 1 fully saturated rings. The Morgan fingerprint density at radius 3 is 2.24 bits per heavy atom. The molecule has 6 nitrogen and oxygen atoms in total. The van der Waals surface area contributed by atoms with Gasteiger partial charge in [0, 0.05) is 41.9 Å². The summed E-state index contributed by atoms with van der Waals surface area (Å²) in [5.41, 5.74) is 1.22. The molecule has 1 aliphatic heterocycles. The highest BCUT2D eigenvalue weighted by Crippen LogP contribution is 2.30. The van der Waals surface area contributed by atoms with E-state index in [1.165, 1.54) is 18.2 Å². The molecule has 0 N–H and O–H groups in total. The summed E-state index contributed by atoms with van der Waals surface area (Å²) in [6.07, 6.45) is 1.04. The van der Waals surface area contributed by atoms with Gasteiger partial charge >= 0.3 is 0 Å². The fourth-order valence-electron chi connectivity index (χ4n) is 3.17. The van der Waals surface area contributed by atoms with Crippen LogP contribution < -0.4 is 9.21 Å². The summed E-state index contributed by atoms with van der Waals surface area (Å²) < 4.78 is 25.6. The van der Waals surface area contributed by atoms with Crippen LogP contribution in [0.15, 0.2) is 42.5 Å². The summed E-state index contributed by atoms with van der Waals surface area (Å²) in [5, 5.41) is 1.21. The third-order valence-electron chi connectivity index (χ3n) is 4.66. The molecule has 2 aromatic rings. The van der Waals surface area contributed by atoms with Crippen molar-refractivity contribution in [3.05, 3.63) is 57.5 Å². The van der Waals surface area contributed by atoms with Crippen LogP contribution in [0.2, 0.25) is 15.1 Å². The lowest BCUT2D eigenvalue weighted by molar-refractivity contribution is -0.129. The van der Waals surface area contributed by atoms with E-state index in [0.717, 1.165) is 16.2 Å². The second-order valence-corrected chi connectivity index (χ2v) is 9.90. The number of carbonyl (C=O) groups excluding carboxylic acids is 1. The number of amides is 1. The summed E-state index contributed by atoms with van der Waals surface area (Å²) in [6.45, 7) is 1.91. The zero-order valence-electron chi connectivity index (χ0n) is 15.7. The second-order valence-electron chi connectivity index (χ2n) is 6.71. The molecule has 2 aromatic carbocycles. The molecule has 1 amide bonds. The maximum atomic E-state index is 12.8. The molecular weight excluding hydrogens is 457 g/mol. The van der Waals surface area contributed by atoms with Crippen molar-refractivity contribution in [2.24, 2.45) is 0 Å². The van der Waals surface area contributed by atoms with Crippen molar-refractivity contribution < 1.29 is 13.2 Å². The van der Waals surface area contributed by atoms with Crippen LogP contribution >= 0.6 is 34.8 Å². The van der Waals surface area contributed by atoms with E-state index in [1.54, 1.807) is 4.90 Å². The highest BCUT2D eigenvalue weighted by Gasteiger charge is 2.28. The molecule has 0 aliphatic carbocycles. The minimum absolute atomic E-state index is 0.168. The van der Waals surface area contributed by atoms with Crippen molar-refractivity contribution in [1.29, 1.82) is 0 Å². The zero-order chi connectivity index (χ0) is 21.2. The Morgan fingerprint density at radius 1 is 1.00 bits per heavy atom. The van der Waals surface area contributed by atoms with Gasteiger partial charge in [-0.25, -0.2) is 8.42 Å². The van der Waals surface area contributed by atoms with Gasteiger partial charge in [-0.3, -0.25) is 9.10 Å². The van der Waals surface area contributed by atoms with Crippen LogP contribution in [0.4, 0.5) is 11.4 Å². The third-order valence-corrected chi connectivity index (χ3v) is 6.56. The van der Waals surface area contributed by atoms with Gasteiger partial charge in [0.25, 0.3) is 0 Å². The first kappa shape index (κ1) is 22.0. The van der Waals surface area contributed by atoms with Crippen molar-refractivity contribution in [3.63, 3.8) is 0 Å². The van der Waals surface area contributed by atoms with Crippen LogP contribution in [0.5, 0.6) is 0 Å². The number of benzene rings is 2. The Labute approximate surface area is 185 Å². The molecule has 1 aliphatic rings. The van der Waals surface area contributed by atoms with Crippen molar-refractivity contribution in [3.8, 4) is 0 Å². The zero-order valence-corrected chi connectivity index (χ0v) is 18.8.